The van der Waals surface area contributed by atoms with Crippen molar-refractivity contribution >= 4 is 23.6 Å². The minimum atomic E-state index is -0.491. The summed E-state index contributed by atoms with van der Waals surface area (Å²) in [6.45, 7) is 15.0. The number of unbranched alkanes of at least 4 members (excludes halogenated alkanes) is 24. The van der Waals surface area contributed by atoms with Crippen molar-refractivity contribution < 1.29 is 19.1 Å². The van der Waals surface area contributed by atoms with Crippen molar-refractivity contribution in [2.45, 2.75) is 195 Å². The van der Waals surface area contributed by atoms with Crippen LogP contribution in [0, 0.1) is 0 Å². The van der Waals surface area contributed by atoms with Crippen LogP contribution in [0.15, 0.2) is 24.3 Å². The van der Waals surface area contributed by atoms with Gasteiger partial charge in [0.25, 0.3) is 0 Å². The molecule has 0 unspecified atom stereocenters. The molecule has 2 N–H and O–H groups in total. The first kappa shape index (κ1) is 49.7. The molecule has 0 aliphatic rings. The zero-order valence-corrected chi connectivity index (χ0v) is 35.9. The average molecular weight is 759 g/mol. The first-order chi connectivity index (χ1) is 26.5. The highest BCUT2D eigenvalue weighted by molar-refractivity contribution is 5.88. The molecule has 1 aromatic rings. The SMILES string of the molecule is CCCCCCCCCCCCCCCN(CC)CCOC(=O)Nc1cccc(NC(=O)OCCN(CC)CCCCCCCCCCCCCCC)c1. The number of carbonyl (C=O) groups is 2. The van der Waals surface area contributed by atoms with Gasteiger partial charge >= 0.3 is 12.2 Å². The van der Waals surface area contributed by atoms with Gasteiger partial charge in [-0.25, -0.2) is 9.59 Å². The fourth-order valence-corrected chi connectivity index (χ4v) is 7.08. The molecule has 0 aliphatic carbocycles. The number of nitrogens with one attached hydrogen (secondary N) is 2. The lowest BCUT2D eigenvalue weighted by atomic mass is 10.0. The van der Waals surface area contributed by atoms with Crippen molar-refractivity contribution in [2.24, 2.45) is 0 Å². The minimum Gasteiger partial charge on any atom is -0.448 e. The van der Waals surface area contributed by atoms with E-state index in [0.29, 0.717) is 24.6 Å². The van der Waals surface area contributed by atoms with Gasteiger partial charge in [-0.2, -0.15) is 0 Å². The molecule has 1 aromatic carbocycles. The second-order valence-electron chi connectivity index (χ2n) is 15.5. The Labute approximate surface area is 333 Å². The van der Waals surface area contributed by atoms with Crippen LogP contribution in [-0.4, -0.2) is 74.5 Å². The maximum atomic E-state index is 12.5. The maximum absolute atomic E-state index is 12.5. The molecule has 0 aromatic heterocycles. The number of benzene rings is 1. The number of anilines is 2. The number of hydrogen-bond donors (Lipinski definition) is 2. The molecule has 8 heteroatoms. The zero-order chi connectivity index (χ0) is 39.2. The smallest absolute Gasteiger partial charge is 0.411 e. The van der Waals surface area contributed by atoms with Gasteiger partial charge in [0.15, 0.2) is 0 Å². The number of nitrogens with zero attached hydrogens (tertiary/aromatic N) is 2. The summed E-state index contributed by atoms with van der Waals surface area (Å²) < 4.78 is 10.9. The van der Waals surface area contributed by atoms with Crippen molar-refractivity contribution in [2.75, 3.05) is 63.1 Å². The third kappa shape index (κ3) is 30.9. The molecule has 0 bridgehead atoms. The predicted octanol–water partition coefficient (Wildman–Crippen LogP) is 13.6. The Morgan fingerprint density at radius 2 is 0.741 bits per heavy atom. The molecular weight excluding hydrogens is 673 g/mol. The number of rotatable bonds is 38. The summed E-state index contributed by atoms with van der Waals surface area (Å²) in [6, 6.07) is 7.05. The van der Waals surface area contributed by atoms with E-state index < -0.39 is 12.2 Å². The lowest BCUT2D eigenvalue weighted by molar-refractivity contribution is 0.139. The number of hydrogen-bond acceptors (Lipinski definition) is 6. The Hall–Kier alpha value is -2.32. The van der Waals surface area contributed by atoms with E-state index in [4.69, 9.17) is 9.47 Å². The predicted molar refractivity (Wildman–Crippen MR) is 232 cm³/mol. The summed E-state index contributed by atoms with van der Waals surface area (Å²) in [4.78, 5) is 29.6. The fraction of sp³-hybridized carbons (Fsp3) is 0.826. The number of carbonyl (C=O) groups excluding carboxylic acids is 2. The van der Waals surface area contributed by atoms with Gasteiger partial charge in [-0.3, -0.25) is 10.6 Å². The van der Waals surface area contributed by atoms with Gasteiger partial charge in [-0.1, -0.05) is 188 Å². The van der Waals surface area contributed by atoms with Gasteiger partial charge in [-0.15, -0.1) is 0 Å². The van der Waals surface area contributed by atoms with Crippen LogP contribution >= 0.6 is 0 Å². The highest BCUT2D eigenvalue weighted by atomic mass is 16.6. The van der Waals surface area contributed by atoms with Crippen LogP contribution < -0.4 is 10.6 Å². The van der Waals surface area contributed by atoms with Crippen molar-refractivity contribution in [3.05, 3.63) is 24.3 Å². The molecule has 0 aliphatic heterocycles. The largest absolute Gasteiger partial charge is 0.448 e. The van der Waals surface area contributed by atoms with Crippen LogP contribution in [0.5, 0.6) is 0 Å². The Balaban J connectivity index is 2.11. The molecule has 1 rings (SSSR count). The van der Waals surface area contributed by atoms with Crippen LogP contribution in [0.25, 0.3) is 0 Å². The van der Waals surface area contributed by atoms with Gasteiger partial charge in [0.05, 0.1) is 0 Å². The number of amides is 2. The minimum absolute atomic E-state index is 0.344. The Kier molecular flexibility index (Phi) is 34.6. The second kappa shape index (κ2) is 37.6. The molecule has 54 heavy (non-hydrogen) atoms. The monoisotopic (exact) mass is 759 g/mol. The average Bonchev–Trinajstić information content (AvgIpc) is 3.17. The van der Waals surface area contributed by atoms with E-state index in [0.717, 1.165) is 39.3 Å². The van der Waals surface area contributed by atoms with Gasteiger partial charge in [0.1, 0.15) is 13.2 Å². The summed E-state index contributed by atoms with van der Waals surface area (Å²) in [5, 5.41) is 5.56. The van der Waals surface area contributed by atoms with Crippen LogP contribution in [-0.2, 0) is 9.47 Å². The standard InChI is InChI=1S/C46H86N4O4/c1-5-9-11-13-15-17-19-21-23-25-27-29-31-36-49(7-3)38-40-53-45(51)47-43-34-33-35-44(42-43)48-46(52)54-41-39-50(8-4)37-32-30-28-26-24-22-20-18-16-14-12-10-6-2/h33-35,42H,5-32,36-41H2,1-4H3,(H,47,51)(H,48,52). The second-order valence-corrected chi connectivity index (χ2v) is 15.5. The van der Waals surface area contributed by atoms with E-state index in [1.54, 1.807) is 24.3 Å². The van der Waals surface area contributed by atoms with E-state index >= 15 is 0 Å². The highest BCUT2D eigenvalue weighted by Gasteiger charge is 2.10. The van der Waals surface area contributed by atoms with Crippen molar-refractivity contribution in [3.63, 3.8) is 0 Å². The number of likely N-dealkylation sites (N-methyl/N-ethyl adjacent to an activating group) is 2. The molecule has 0 heterocycles. The quantitative estimate of drug-likeness (QED) is 0.0654. The molecule has 0 radical (unpaired) electrons. The fourth-order valence-electron chi connectivity index (χ4n) is 7.08. The zero-order valence-electron chi connectivity index (χ0n) is 35.9. The molecule has 0 fully saturated rings. The molecule has 0 atom stereocenters. The molecule has 8 nitrogen and oxygen atoms in total. The van der Waals surface area contributed by atoms with E-state index in [2.05, 4.69) is 48.1 Å². The molecule has 0 saturated carbocycles. The first-order valence-corrected chi connectivity index (χ1v) is 22.9. The third-order valence-electron chi connectivity index (χ3n) is 10.7. The van der Waals surface area contributed by atoms with Gasteiger partial charge in [0.2, 0.25) is 0 Å². The lowest BCUT2D eigenvalue weighted by Crippen LogP contribution is -2.30. The Morgan fingerprint density at radius 1 is 0.444 bits per heavy atom. The third-order valence-corrected chi connectivity index (χ3v) is 10.7. The van der Waals surface area contributed by atoms with E-state index in [1.807, 2.05) is 0 Å². The topological polar surface area (TPSA) is 83.1 Å². The van der Waals surface area contributed by atoms with Gasteiger partial charge in [-0.05, 0) is 57.2 Å². The molecule has 0 spiro atoms. The normalized spacial score (nSPS) is 11.4. The van der Waals surface area contributed by atoms with Crippen molar-refractivity contribution in [3.8, 4) is 0 Å². The van der Waals surface area contributed by atoms with Crippen molar-refractivity contribution in [1.82, 2.24) is 9.80 Å². The number of ether oxygens (including phenoxy) is 2. The molecular formula is C46H86N4O4. The van der Waals surface area contributed by atoms with Crippen LogP contribution in [0.1, 0.15) is 195 Å². The van der Waals surface area contributed by atoms with Crippen molar-refractivity contribution in [1.29, 1.82) is 0 Å². The van der Waals surface area contributed by atoms with Crippen LogP contribution in [0.4, 0.5) is 21.0 Å². The van der Waals surface area contributed by atoms with E-state index in [9.17, 15) is 9.59 Å². The summed E-state index contributed by atoms with van der Waals surface area (Å²) in [5.74, 6) is 0. The lowest BCUT2D eigenvalue weighted by Gasteiger charge is -2.20. The first-order valence-electron chi connectivity index (χ1n) is 22.9. The Morgan fingerprint density at radius 3 is 1.04 bits per heavy atom. The summed E-state index contributed by atoms with van der Waals surface area (Å²) in [7, 11) is 0. The molecule has 314 valence electrons. The van der Waals surface area contributed by atoms with E-state index in [-0.39, 0.29) is 0 Å². The molecule has 2 amide bonds. The highest BCUT2D eigenvalue weighted by Crippen LogP contribution is 2.17. The Bertz CT molecular complexity index is 920. The molecule has 0 saturated heterocycles. The summed E-state index contributed by atoms with van der Waals surface area (Å²) in [6.07, 6.45) is 34.3. The summed E-state index contributed by atoms with van der Waals surface area (Å²) in [5.41, 5.74) is 1.12. The maximum Gasteiger partial charge on any atom is 0.411 e. The van der Waals surface area contributed by atoms with Crippen LogP contribution in [0.3, 0.4) is 0 Å². The van der Waals surface area contributed by atoms with Crippen LogP contribution in [0.2, 0.25) is 0 Å². The van der Waals surface area contributed by atoms with E-state index in [1.165, 1.54) is 167 Å². The van der Waals surface area contributed by atoms with Gasteiger partial charge in [0, 0.05) is 24.5 Å². The van der Waals surface area contributed by atoms with Gasteiger partial charge < -0.3 is 19.3 Å². The summed E-state index contributed by atoms with van der Waals surface area (Å²) >= 11 is 0.